The van der Waals surface area contributed by atoms with E-state index in [0.717, 1.165) is 35.2 Å². The monoisotopic (exact) mass is 241 g/mol. The summed E-state index contributed by atoms with van der Waals surface area (Å²) in [5, 5.41) is 16.7. The van der Waals surface area contributed by atoms with Crippen LogP contribution in [0.2, 0.25) is 0 Å². The maximum absolute atomic E-state index is 5.03. The highest BCUT2D eigenvalue weighted by Gasteiger charge is 2.10. The topological polar surface area (TPSA) is 64.3 Å². The third-order valence-electron chi connectivity index (χ3n) is 2.19. The molecule has 88 valence electrons. The summed E-state index contributed by atoms with van der Waals surface area (Å²) in [6.45, 7) is 1.45. The largest absolute Gasteiger partial charge is 0.377 e. The van der Waals surface area contributed by atoms with E-state index in [1.165, 1.54) is 0 Å². The Morgan fingerprint density at radius 3 is 3.06 bits per heavy atom. The average molecular weight is 241 g/mol. The van der Waals surface area contributed by atoms with Crippen LogP contribution >= 0.6 is 11.3 Å². The molecule has 0 spiro atoms. The van der Waals surface area contributed by atoms with Gasteiger partial charge in [0.25, 0.3) is 0 Å². The van der Waals surface area contributed by atoms with Crippen molar-refractivity contribution in [3.05, 3.63) is 10.8 Å². The minimum absolute atomic E-state index is 0.445. The van der Waals surface area contributed by atoms with Crippen molar-refractivity contribution >= 4 is 16.3 Å². The lowest BCUT2D eigenvalue weighted by molar-refractivity contribution is 0.176. The Morgan fingerprint density at radius 2 is 2.31 bits per heavy atom. The molecule has 0 aliphatic rings. The van der Waals surface area contributed by atoms with E-state index in [1.54, 1.807) is 23.0 Å². The standard InChI is InChI=1S/C9H15N5OS/c1-10-5-3-4-8-13-14-7(6-15-2)11-12-9(14)16-8/h10H,3-6H2,1-2H3. The zero-order chi connectivity index (χ0) is 11.4. The molecule has 0 atom stereocenters. The lowest BCUT2D eigenvalue weighted by Crippen LogP contribution is -2.08. The summed E-state index contributed by atoms with van der Waals surface area (Å²) in [7, 11) is 3.59. The van der Waals surface area contributed by atoms with Crippen molar-refractivity contribution in [1.29, 1.82) is 0 Å². The van der Waals surface area contributed by atoms with Crippen molar-refractivity contribution in [2.45, 2.75) is 19.4 Å². The van der Waals surface area contributed by atoms with Crippen LogP contribution in [0.5, 0.6) is 0 Å². The van der Waals surface area contributed by atoms with Crippen LogP contribution in [-0.4, -0.2) is 40.5 Å². The van der Waals surface area contributed by atoms with E-state index in [1.807, 2.05) is 7.05 Å². The maximum atomic E-state index is 5.03. The highest BCUT2D eigenvalue weighted by atomic mass is 32.1. The van der Waals surface area contributed by atoms with Crippen LogP contribution < -0.4 is 5.32 Å². The molecule has 16 heavy (non-hydrogen) atoms. The van der Waals surface area contributed by atoms with Gasteiger partial charge in [-0.25, -0.2) is 0 Å². The van der Waals surface area contributed by atoms with E-state index in [0.29, 0.717) is 6.61 Å². The van der Waals surface area contributed by atoms with E-state index in [4.69, 9.17) is 4.74 Å². The summed E-state index contributed by atoms with van der Waals surface area (Å²) < 4.78 is 6.80. The van der Waals surface area contributed by atoms with E-state index < -0.39 is 0 Å². The predicted octanol–water partition coefficient (Wildman–Crippen LogP) is 0.484. The van der Waals surface area contributed by atoms with E-state index in [-0.39, 0.29) is 0 Å². The summed E-state index contributed by atoms with van der Waals surface area (Å²) in [6.07, 6.45) is 2.06. The van der Waals surface area contributed by atoms with Gasteiger partial charge in [-0.05, 0) is 20.0 Å². The molecule has 0 amide bonds. The van der Waals surface area contributed by atoms with Crippen LogP contribution in [0.3, 0.4) is 0 Å². The molecule has 0 fully saturated rings. The molecule has 0 aromatic carbocycles. The number of aromatic nitrogens is 4. The summed E-state index contributed by atoms with van der Waals surface area (Å²) in [6, 6.07) is 0. The van der Waals surface area contributed by atoms with Crippen LogP contribution in [0.25, 0.3) is 4.96 Å². The van der Waals surface area contributed by atoms with Gasteiger partial charge >= 0.3 is 0 Å². The Hall–Kier alpha value is -1.05. The number of fused-ring (bicyclic) bond motifs is 1. The molecule has 2 rings (SSSR count). The fraction of sp³-hybridized carbons (Fsp3) is 0.667. The van der Waals surface area contributed by atoms with Crippen molar-refractivity contribution in [3.63, 3.8) is 0 Å². The van der Waals surface area contributed by atoms with Crippen LogP contribution in [0.1, 0.15) is 17.3 Å². The maximum Gasteiger partial charge on any atom is 0.234 e. The van der Waals surface area contributed by atoms with Gasteiger partial charge in [0.2, 0.25) is 4.96 Å². The minimum Gasteiger partial charge on any atom is -0.377 e. The smallest absolute Gasteiger partial charge is 0.234 e. The molecule has 0 aliphatic heterocycles. The number of nitrogens with one attached hydrogen (secondary N) is 1. The molecule has 0 bridgehead atoms. The Bertz CT molecular complexity index is 452. The molecular formula is C9H15N5OS. The van der Waals surface area contributed by atoms with Crippen LogP contribution in [0.15, 0.2) is 0 Å². The van der Waals surface area contributed by atoms with Crippen molar-refractivity contribution < 1.29 is 4.74 Å². The summed E-state index contributed by atoms with van der Waals surface area (Å²) in [4.78, 5) is 0.839. The third kappa shape index (κ3) is 2.37. The number of rotatable bonds is 6. The third-order valence-corrected chi connectivity index (χ3v) is 3.15. The normalized spacial score (nSPS) is 11.4. The predicted molar refractivity (Wildman–Crippen MR) is 61.6 cm³/mol. The number of ether oxygens (including phenoxy) is 1. The van der Waals surface area contributed by atoms with Gasteiger partial charge in [-0.1, -0.05) is 11.3 Å². The second kappa shape index (κ2) is 5.33. The molecule has 0 saturated heterocycles. The molecule has 1 N–H and O–H groups in total. The molecule has 0 unspecified atom stereocenters. The van der Waals surface area contributed by atoms with Crippen LogP contribution in [-0.2, 0) is 17.8 Å². The highest BCUT2D eigenvalue weighted by Crippen LogP contribution is 2.15. The molecule has 2 aromatic heterocycles. The van der Waals surface area contributed by atoms with Gasteiger partial charge in [0.15, 0.2) is 5.82 Å². The van der Waals surface area contributed by atoms with E-state index in [9.17, 15) is 0 Å². The first-order valence-electron chi connectivity index (χ1n) is 5.18. The van der Waals surface area contributed by atoms with Crippen LogP contribution in [0.4, 0.5) is 0 Å². The number of hydrogen-bond donors (Lipinski definition) is 1. The molecule has 2 aromatic rings. The first-order chi connectivity index (χ1) is 7.85. The SMILES string of the molecule is CNCCCc1nn2c(COC)nnc2s1. The molecule has 0 radical (unpaired) electrons. The van der Waals surface area contributed by atoms with Crippen molar-refractivity contribution in [2.24, 2.45) is 0 Å². The van der Waals surface area contributed by atoms with Gasteiger partial charge in [-0.2, -0.15) is 9.61 Å². The summed E-state index contributed by atoms with van der Waals surface area (Å²) in [5.41, 5.74) is 0. The number of hydrogen-bond acceptors (Lipinski definition) is 6. The van der Waals surface area contributed by atoms with Gasteiger partial charge in [0, 0.05) is 13.5 Å². The molecule has 2 heterocycles. The molecule has 0 saturated carbocycles. The Balaban J connectivity index is 2.10. The quantitative estimate of drug-likeness (QED) is 0.745. The van der Waals surface area contributed by atoms with Gasteiger partial charge in [-0.15, -0.1) is 10.2 Å². The fourth-order valence-corrected chi connectivity index (χ4v) is 2.33. The van der Waals surface area contributed by atoms with Crippen molar-refractivity contribution in [3.8, 4) is 0 Å². The second-order valence-electron chi connectivity index (χ2n) is 3.45. The summed E-state index contributed by atoms with van der Waals surface area (Å²) in [5.74, 6) is 0.758. The lowest BCUT2D eigenvalue weighted by atomic mass is 10.3. The number of nitrogens with zero attached hydrogens (tertiary/aromatic N) is 4. The highest BCUT2D eigenvalue weighted by molar-refractivity contribution is 7.16. The zero-order valence-corrected chi connectivity index (χ0v) is 10.3. The average Bonchev–Trinajstić information content (AvgIpc) is 2.81. The van der Waals surface area contributed by atoms with Gasteiger partial charge in [0.1, 0.15) is 11.6 Å². The van der Waals surface area contributed by atoms with Gasteiger partial charge in [0.05, 0.1) is 0 Å². The van der Waals surface area contributed by atoms with Crippen LogP contribution in [0, 0.1) is 0 Å². The molecular weight excluding hydrogens is 226 g/mol. The Kier molecular flexibility index (Phi) is 3.81. The molecule has 0 aliphatic carbocycles. The van der Waals surface area contributed by atoms with E-state index in [2.05, 4.69) is 20.6 Å². The fourth-order valence-electron chi connectivity index (χ4n) is 1.43. The van der Waals surface area contributed by atoms with Crippen molar-refractivity contribution in [2.75, 3.05) is 20.7 Å². The Morgan fingerprint density at radius 1 is 1.44 bits per heavy atom. The van der Waals surface area contributed by atoms with E-state index >= 15 is 0 Å². The number of methoxy groups -OCH3 is 1. The molecule has 7 heteroatoms. The Labute approximate surface area is 97.6 Å². The molecule has 6 nitrogen and oxygen atoms in total. The second-order valence-corrected chi connectivity index (χ2v) is 4.49. The summed E-state index contributed by atoms with van der Waals surface area (Å²) >= 11 is 1.59. The van der Waals surface area contributed by atoms with Gasteiger partial charge < -0.3 is 10.1 Å². The first kappa shape index (κ1) is 11.4. The van der Waals surface area contributed by atoms with Crippen molar-refractivity contribution in [1.82, 2.24) is 25.1 Å². The zero-order valence-electron chi connectivity index (χ0n) is 9.43. The van der Waals surface area contributed by atoms with Gasteiger partial charge in [-0.3, -0.25) is 0 Å². The lowest BCUT2D eigenvalue weighted by Gasteiger charge is -1.95. The minimum atomic E-state index is 0.445. The first-order valence-corrected chi connectivity index (χ1v) is 6.00. The number of aryl methyl sites for hydroxylation is 1.